The molecule has 21 heavy (non-hydrogen) atoms. The summed E-state index contributed by atoms with van der Waals surface area (Å²) in [5.74, 6) is -1.10. The van der Waals surface area contributed by atoms with Gasteiger partial charge in [0, 0.05) is 24.9 Å². The number of hydrogen-bond donors (Lipinski definition) is 4. The van der Waals surface area contributed by atoms with Gasteiger partial charge in [-0.2, -0.15) is 0 Å². The molecule has 7 heteroatoms. The Morgan fingerprint density at radius 3 is 2.67 bits per heavy atom. The minimum atomic E-state index is -1.10. The molecule has 0 aliphatic rings. The zero-order chi connectivity index (χ0) is 15.1. The molecule has 1 aromatic carbocycles. The van der Waals surface area contributed by atoms with Crippen molar-refractivity contribution < 1.29 is 14.7 Å². The average molecular weight is 288 g/mol. The van der Waals surface area contributed by atoms with Gasteiger partial charge in [-0.1, -0.05) is 30.3 Å². The van der Waals surface area contributed by atoms with Gasteiger partial charge in [-0.25, -0.2) is 14.6 Å². The summed E-state index contributed by atoms with van der Waals surface area (Å²) >= 11 is 0. The van der Waals surface area contributed by atoms with Crippen LogP contribution in [0.25, 0.3) is 0 Å². The lowest BCUT2D eigenvalue weighted by Gasteiger charge is -2.14. The maximum atomic E-state index is 11.7. The zero-order valence-electron chi connectivity index (χ0n) is 11.2. The van der Waals surface area contributed by atoms with Crippen LogP contribution < -0.4 is 10.6 Å². The Balaban J connectivity index is 1.85. The minimum absolute atomic E-state index is 0.147. The van der Waals surface area contributed by atoms with E-state index < -0.39 is 18.0 Å². The van der Waals surface area contributed by atoms with Crippen LogP contribution in [-0.2, 0) is 17.8 Å². The number of aliphatic carboxylic acids is 1. The summed E-state index contributed by atoms with van der Waals surface area (Å²) in [5.41, 5.74) is 1.58. The molecule has 7 nitrogen and oxygen atoms in total. The fourth-order valence-electron chi connectivity index (χ4n) is 1.80. The SMILES string of the molecule is O=C(NCc1ccccc1)NC(Cc1cnc[nH]1)C(=O)O. The zero-order valence-corrected chi connectivity index (χ0v) is 11.2. The minimum Gasteiger partial charge on any atom is -0.480 e. The van der Waals surface area contributed by atoms with Gasteiger partial charge in [0.2, 0.25) is 0 Å². The van der Waals surface area contributed by atoms with Gasteiger partial charge in [-0.05, 0) is 5.56 Å². The number of hydrogen-bond acceptors (Lipinski definition) is 3. The molecule has 1 atom stereocenters. The largest absolute Gasteiger partial charge is 0.480 e. The van der Waals surface area contributed by atoms with Gasteiger partial charge in [0.15, 0.2) is 0 Å². The maximum absolute atomic E-state index is 11.7. The van der Waals surface area contributed by atoms with Gasteiger partial charge in [-0.3, -0.25) is 0 Å². The van der Waals surface area contributed by atoms with Crippen molar-refractivity contribution in [1.82, 2.24) is 20.6 Å². The third kappa shape index (κ3) is 4.64. The number of nitrogens with zero attached hydrogens (tertiary/aromatic N) is 1. The average Bonchev–Trinajstić information content (AvgIpc) is 2.98. The standard InChI is InChI=1S/C14H16N4O3/c19-13(20)12(6-11-8-15-9-17-11)18-14(21)16-7-10-4-2-1-3-5-10/h1-5,8-9,12H,6-7H2,(H,15,17)(H,19,20)(H2,16,18,21). The Morgan fingerprint density at radius 2 is 2.05 bits per heavy atom. The highest BCUT2D eigenvalue weighted by Gasteiger charge is 2.20. The van der Waals surface area contributed by atoms with Gasteiger partial charge in [0.25, 0.3) is 0 Å². The van der Waals surface area contributed by atoms with Gasteiger partial charge in [-0.15, -0.1) is 0 Å². The molecule has 1 heterocycles. The van der Waals surface area contributed by atoms with Crippen LogP contribution in [0.4, 0.5) is 4.79 Å². The highest BCUT2D eigenvalue weighted by molar-refractivity contribution is 5.82. The summed E-state index contributed by atoms with van der Waals surface area (Å²) in [6.45, 7) is 0.336. The van der Waals surface area contributed by atoms with E-state index in [0.717, 1.165) is 5.56 Å². The first-order chi connectivity index (χ1) is 10.1. The molecular formula is C14H16N4O3. The van der Waals surface area contributed by atoms with Crippen LogP contribution in [0.15, 0.2) is 42.9 Å². The molecule has 1 aromatic heterocycles. The Morgan fingerprint density at radius 1 is 1.29 bits per heavy atom. The number of H-pyrrole nitrogens is 1. The first-order valence-electron chi connectivity index (χ1n) is 6.43. The number of aromatic amines is 1. The van der Waals surface area contributed by atoms with E-state index in [9.17, 15) is 9.59 Å². The van der Waals surface area contributed by atoms with Crippen LogP contribution in [-0.4, -0.2) is 33.1 Å². The number of carboxylic acid groups (broad SMARTS) is 1. The first kappa shape index (κ1) is 14.6. The van der Waals surface area contributed by atoms with Crippen molar-refractivity contribution in [2.45, 2.75) is 19.0 Å². The van der Waals surface area contributed by atoms with Gasteiger partial charge < -0.3 is 20.7 Å². The van der Waals surface area contributed by atoms with E-state index in [2.05, 4.69) is 20.6 Å². The van der Waals surface area contributed by atoms with Crippen molar-refractivity contribution in [2.75, 3.05) is 0 Å². The molecule has 4 N–H and O–H groups in total. The number of carbonyl (C=O) groups is 2. The van der Waals surface area contributed by atoms with Gasteiger partial charge in [0.05, 0.1) is 6.33 Å². The molecule has 0 radical (unpaired) electrons. The summed E-state index contributed by atoms with van der Waals surface area (Å²) in [4.78, 5) is 29.5. The van der Waals surface area contributed by atoms with Gasteiger partial charge >= 0.3 is 12.0 Å². The van der Waals surface area contributed by atoms with E-state index in [1.807, 2.05) is 30.3 Å². The lowest BCUT2D eigenvalue weighted by molar-refractivity contribution is -0.139. The van der Waals surface area contributed by atoms with Crippen LogP contribution in [0.3, 0.4) is 0 Å². The molecule has 0 spiro atoms. The summed E-state index contributed by atoms with van der Waals surface area (Å²) in [6, 6.07) is 7.83. The first-order valence-corrected chi connectivity index (χ1v) is 6.43. The summed E-state index contributed by atoms with van der Waals surface area (Å²) in [6.07, 6.45) is 3.14. The molecule has 2 rings (SSSR count). The highest BCUT2D eigenvalue weighted by Crippen LogP contribution is 2.00. The fourth-order valence-corrected chi connectivity index (χ4v) is 1.80. The normalized spacial score (nSPS) is 11.6. The van der Waals surface area contributed by atoms with Crippen LogP contribution >= 0.6 is 0 Å². The fraction of sp³-hybridized carbons (Fsp3) is 0.214. The van der Waals surface area contributed by atoms with Crippen molar-refractivity contribution in [3.63, 3.8) is 0 Å². The number of amides is 2. The Hall–Kier alpha value is -2.83. The predicted octanol–water partition coefficient (Wildman–Crippen LogP) is 0.905. The van der Waals surface area contributed by atoms with E-state index in [1.165, 1.54) is 12.5 Å². The molecule has 0 aliphatic heterocycles. The lowest BCUT2D eigenvalue weighted by Crippen LogP contribution is -2.46. The number of aromatic nitrogens is 2. The molecule has 2 aromatic rings. The predicted molar refractivity (Wildman–Crippen MR) is 75.5 cm³/mol. The number of carboxylic acids is 1. The molecule has 1 unspecified atom stereocenters. The second-order valence-electron chi connectivity index (χ2n) is 4.48. The van der Waals surface area contributed by atoms with Crippen molar-refractivity contribution in [1.29, 1.82) is 0 Å². The molecule has 0 aliphatic carbocycles. The summed E-state index contributed by atoms with van der Waals surface area (Å²) in [5, 5.41) is 14.2. The molecule has 0 saturated heterocycles. The second-order valence-corrected chi connectivity index (χ2v) is 4.48. The summed E-state index contributed by atoms with van der Waals surface area (Å²) in [7, 11) is 0. The molecular weight excluding hydrogens is 272 g/mol. The van der Waals surface area contributed by atoms with E-state index >= 15 is 0 Å². The number of carbonyl (C=O) groups excluding carboxylic acids is 1. The molecule has 0 fully saturated rings. The number of nitrogens with one attached hydrogen (secondary N) is 3. The molecule has 0 saturated carbocycles. The van der Waals surface area contributed by atoms with Crippen molar-refractivity contribution >= 4 is 12.0 Å². The van der Waals surface area contributed by atoms with E-state index in [1.54, 1.807) is 0 Å². The molecule has 2 amide bonds. The molecule has 0 bridgehead atoms. The lowest BCUT2D eigenvalue weighted by atomic mass is 10.1. The van der Waals surface area contributed by atoms with Crippen LogP contribution in [0, 0.1) is 0 Å². The van der Waals surface area contributed by atoms with Crippen molar-refractivity contribution in [3.8, 4) is 0 Å². The van der Waals surface area contributed by atoms with Crippen LogP contribution in [0.2, 0.25) is 0 Å². The van der Waals surface area contributed by atoms with Crippen LogP contribution in [0.1, 0.15) is 11.3 Å². The highest BCUT2D eigenvalue weighted by atomic mass is 16.4. The van der Waals surface area contributed by atoms with Crippen molar-refractivity contribution in [2.24, 2.45) is 0 Å². The quantitative estimate of drug-likeness (QED) is 0.633. The maximum Gasteiger partial charge on any atom is 0.326 e. The van der Waals surface area contributed by atoms with E-state index in [0.29, 0.717) is 12.2 Å². The third-order valence-corrected chi connectivity index (χ3v) is 2.88. The second kappa shape index (κ2) is 7.09. The van der Waals surface area contributed by atoms with Crippen molar-refractivity contribution in [3.05, 3.63) is 54.1 Å². The molecule has 110 valence electrons. The van der Waals surface area contributed by atoms with E-state index in [4.69, 9.17) is 5.11 Å². The smallest absolute Gasteiger partial charge is 0.326 e. The number of benzene rings is 1. The van der Waals surface area contributed by atoms with E-state index in [-0.39, 0.29) is 6.42 Å². The topological polar surface area (TPSA) is 107 Å². The Kier molecular flexibility index (Phi) is 4.92. The number of urea groups is 1. The number of imidazole rings is 1. The summed E-state index contributed by atoms with van der Waals surface area (Å²) < 4.78 is 0. The Labute approximate surface area is 121 Å². The number of rotatable bonds is 6. The Bertz CT molecular complexity index is 584. The third-order valence-electron chi connectivity index (χ3n) is 2.88. The monoisotopic (exact) mass is 288 g/mol. The van der Waals surface area contributed by atoms with Crippen LogP contribution in [0.5, 0.6) is 0 Å². The van der Waals surface area contributed by atoms with Gasteiger partial charge in [0.1, 0.15) is 6.04 Å².